The standard InChI is InChI=1S/C21H20F2N4O2/c1-13-4-2-5-14(10-13)19-25-20(29-26-19)15-6-3-9-27(12-15)21(28)24-18-8-7-16(22)11-17(18)23/h2,4-5,7-8,10-11,15H,3,6,9,12H2,1H3,(H,24,28). The Morgan fingerprint density at radius 1 is 1.24 bits per heavy atom. The van der Waals surface area contributed by atoms with Crippen molar-refractivity contribution in [3.05, 3.63) is 65.6 Å². The van der Waals surface area contributed by atoms with Crippen LogP contribution in [0.4, 0.5) is 19.3 Å². The summed E-state index contributed by atoms with van der Waals surface area (Å²) in [5.74, 6) is -0.616. The predicted octanol–water partition coefficient (Wildman–Crippen LogP) is 4.73. The molecule has 0 aliphatic carbocycles. The van der Waals surface area contributed by atoms with Crippen molar-refractivity contribution in [1.82, 2.24) is 15.0 Å². The van der Waals surface area contributed by atoms with E-state index in [0.29, 0.717) is 24.8 Å². The van der Waals surface area contributed by atoms with E-state index in [2.05, 4.69) is 15.5 Å². The number of hydrogen-bond donors (Lipinski definition) is 1. The van der Waals surface area contributed by atoms with Gasteiger partial charge in [0.25, 0.3) is 0 Å². The topological polar surface area (TPSA) is 71.3 Å². The second-order valence-corrected chi connectivity index (χ2v) is 7.17. The quantitative estimate of drug-likeness (QED) is 0.692. The highest BCUT2D eigenvalue weighted by molar-refractivity contribution is 5.89. The average Bonchev–Trinajstić information content (AvgIpc) is 3.20. The van der Waals surface area contributed by atoms with E-state index in [1.165, 1.54) is 6.07 Å². The summed E-state index contributed by atoms with van der Waals surface area (Å²) in [5.41, 5.74) is 1.91. The first-order valence-corrected chi connectivity index (χ1v) is 9.41. The Morgan fingerprint density at radius 3 is 2.90 bits per heavy atom. The van der Waals surface area contributed by atoms with Crippen molar-refractivity contribution in [2.45, 2.75) is 25.7 Å². The van der Waals surface area contributed by atoms with Gasteiger partial charge in [0.15, 0.2) is 0 Å². The molecule has 29 heavy (non-hydrogen) atoms. The Bertz CT molecular complexity index is 1040. The zero-order valence-corrected chi connectivity index (χ0v) is 15.9. The zero-order chi connectivity index (χ0) is 20.4. The van der Waals surface area contributed by atoms with E-state index in [9.17, 15) is 13.6 Å². The summed E-state index contributed by atoms with van der Waals surface area (Å²) in [6.07, 6.45) is 1.57. The second kappa shape index (κ2) is 7.98. The largest absolute Gasteiger partial charge is 0.339 e. The molecule has 2 aromatic carbocycles. The van der Waals surface area contributed by atoms with Crippen LogP contribution in [0.5, 0.6) is 0 Å². The number of urea groups is 1. The summed E-state index contributed by atoms with van der Waals surface area (Å²) in [6.45, 7) is 2.90. The average molecular weight is 398 g/mol. The van der Waals surface area contributed by atoms with Gasteiger partial charge in [-0.3, -0.25) is 0 Å². The number of anilines is 1. The number of carbonyl (C=O) groups is 1. The molecule has 8 heteroatoms. The van der Waals surface area contributed by atoms with Crippen LogP contribution in [0.3, 0.4) is 0 Å². The number of halogens is 2. The number of amides is 2. The molecule has 3 aromatic rings. The maximum atomic E-state index is 13.8. The minimum atomic E-state index is -0.813. The lowest BCUT2D eigenvalue weighted by atomic mass is 9.98. The molecule has 1 aliphatic heterocycles. The van der Waals surface area contributed by atoms with Crippen molar-refractivity contribution >= 4 is 11.7 Å². The summed E-state index contributed by atoms with van der Waals surface area (Å²) in [7, 11) is 0. The van der Waals surface area contributed by atoms with Crippen LogP contribution in [0.1, 0.15) is 30.2 Å². The molecule has 1 aromatic heterocycles. The number of piperidine rings is 1. The van der Waals surface area contributed by atoms with E-state index >= 15 is 0 Å². The Morgan fingerprint density at radius 2 is 2.10 bits per heavy atom. The third-order valence-electron chi connectivity index (χ3n) is 4.95. The lowest BCUT2D eigenvalue weighted by Gasteiger charge is -2.31. The summed E-state index contributed by atoms with van der Waals surface area (Å²) in [6, 6.07) is 10.4. The number of aryl methyl sites for hydroxylation is 1. The fraction of sp³-hybridized carbons (Fsp3) is 0.286. The first-order chi connectivity index (χ1) is 14.0. The third-order valence-corrected chi connectivity index (χ3v) is 4.95. The Labute approximate surface area is 166 Å². The molecule has 4 rings (SSSR count). The van der Waals surface area contributed by atoms with Gasteiger partial charge in [-0.1, -0.05) is 28.9 Å². The maximum absolute atomic E-state index is 13.8. The predicted molar refractivity (Wildman–Crippen MR) is 103 cm³/mol. The van der Waals surface area contributed by atoms with Gasteiger partial charge in [0.05, 0.1) is 11.6 Å². The SMILES string of the molecule is Cc1cccc(-c2noc(C3CCCN(C(=O)Nc4ccc(F)cc4F)C3)n2)c1. The van der Waals surface area contributed by atoms with Crippen molar-refractivity contribution in [1.29, 1.82) is 0 Å². The fourth-order valence-electron chi connectivity index (χ4n) is 3.45. The first-order valence-electron chi connectivity index (χ1n) is 9.41. The minimum absolute atomic E-state index is 0.0574. The van der Waals surface area contributed by atoms with Crippen LogP contribution >= 0.6 is 0 Å². The van der Waals surface area contributed by atoms with Gasteiger partial charge in [-0.05, 0) is 38.0 Å². The molecule has 1 atom stereocenters. The molecule has 1 saturated heterocycles. The van der Waals surface area contributed by atoms with Gasteiger partial charge in [0.1, 0.15) is 11.6 Å². The van der Waals surface area contributed by atoms with Gasteiger partial charge in [-0.25, -0.2) is 13.6 Å². The Kier molecular flexibility index (Phi) is 5.24. The molecule has 2 heterocycles. The Hall–Kier alpha value is -3.29. The molecule has 1 unspecified atom stereocenters. The highest BCUT2D eigenvalue weighted by Gasteiger charge is 2.29. The van der Waals surface area contributed by atoms with E-state index in [1.807, 2.05) is 31.2 Å². The molecular weight excluding hydrogens is 378 g/mol. The van der Waals surface area contributed by atoms with E-state index in [1.54, 1.807) is 4.90 Å². The van der Waals surface area contributed by atoms with Gasteiger partial charge in [0.2, 0.25) is 11.7 Å². The maximum Gasteiger partial charge on any atom is 0.321 e. The van der Waals surface area contributed by atoms with E-state index in [-0.39, 0.29) is 11.6 Å². The second-order valence-electron chi connectivity index (χ2n) is 7.17. The number of nitrogens with zero attached hydrogens (tertiary/aromatic N) is 3. The normalized spacial score (nSPS) is 16.7. The summed E-state index contributed by atoms with van der Waals surface area (Å²) in [5, 5.41) is 6.57. The van der Waals surface area contributed by atoms with Crippen LogP contribution in [0.25, 0.3) is 11.4 Å². The molecule has 150 valence electrons. The Balaban J connectivity index is 1.45. The highest BCUT2D eigenvalue weighted by atomic mass is 19.1. The van der Waals surface area contributed by atoms with Gasteiger partial charge in [-0.2, -0.15) is 4.98 Å². The molecule has 2 amide bonds. The summed E-state index contributed by atoms with van der Waals surface area (Å²) in [4.78, 5) is 18.6. The molecular formula is C21H20F2N4O2. The fourth-order valence-corrected chi connectivity index (χ4v) is 3.45. The number of aromatic nitrogens is 2. The molecule has 0 radical (unpaired) electrons. The van der Waals surface area contributed by atoms with E-state index in [4.69, 9.17) is 4.52 Å². The van der Waals surface area contributed by atoms with Crippen LogP contribution in [0, 0.1) is 18.6 Å². The molecule has 0 bridgehead atoms. The molecule has 1 aliphatic rings. The van der Waals surface area contributed by atoms with E-state index < -0.39 is 17.7 Å². The summed E-state index contributed by atoms with van der Waals surface area (Å²) >= 11 is 0. The lowest BCUT2D eigenvalue weighted by molar-refractivity contribution is 0.184. The monoisotopic (exact) mass is 398 g/mol. The number of rotatable bonds is 3. The zero-order valence-electron chi connectivity index (χ0n) is 15.9. The third kappa shape index (κ3) is 4.26. The molecule has 6 nitrogen and oxygen atoms in total. The molecule has 0 spiro atoms. The van der Waals surface area contributed by atoms with Crippen LogP contribution in [0.2, 0.25) is 0 Å². The number of likely N-dealkylation sites (tertiary alicyclic amines) is 1. The van der Waals surface area contributed by atoms with Crippen LogP contribution in [0.15, 0.2) is 47.0 Å². The van der Waals surface area contributed by atoms with Crippen molar-refractivity contribution in [2.75, 3.05) is 18.4 Å². The van der Waals surface area contributed by atoms with Crippen molar-refractivity contribution < 1.29 is 18.1 Å². The number of hydrogen-bond acceptors (Lipinski definition) is 4. The smallest absolute Gasteiger partial charge is 0.321 e. The van der Waals surface area contributed by atoms with Crippen molar-refractivity contribution in [3.63, 3.8) is 0 Å². The van der Waals surface area contributed by atoms with E-state index in [0.717, 1.165) is 36.1 Å². The minimum Gasteiger partial charge on any atom is -0.339 e. The van der Waals surface area contributed by atoms with Gasteiger partial charge in [-0.15, -0.1) is 0 Å². The molecule has 0 saturated carbocycles. The number of nitrogens with one attached hydrogen (secondary N) is 1. The number of carbonyl (C=O) groups excluding carboxylic acids is 1. The van der Waals surface area contributed by atoms with Crippen LogP contribution in [-0.4, -0.2) is 34.2 Å². The number of benzene rings is 2. The van der Waals surface area contributed by atoms with Crippen LogP contribution < -0.4 is 5.32 Å². The van der Waals surface area contributed by atoms with Gasteiger partial charge < -0.3 is 14.7 Å². The van der Waals surface area contributed by atoms with Crippen molar-refractivity contribution in [3.8, 4) is 11.4 Å². The first kappa shape index (κ1) is 19.0. The molecule has 1 fully saturated rings. The lowest BCUT2D eigenvalue weighted by Crippen LogP contribution is -2.41. The van der Waals surface area contributed by atoms with Gasteiger partial charge in [0, 0.05) is 24.7 Å². The summed E-state index contributed by atoms with van der Waals surface area (Å²) < 4.78 is 32.3. The van der Waals surface area contributed by atoms with Gasteiger partial charge >= 0.3 is 6.03 Å². The highest BCUT2D eigenvalue weighted by Crippen LogP contribution is 2.28. The van der Waals surface area contributed by atoms with Crippen LogP contribution in [-0.2, 0) is 0 Å². The molecule has 1 N–H and O–H groups in total. The van der Waals surface area contributed by atoms with Crippen molar-refractivity contribution in [2.24, 2.45) is 0 Å².